The first-order valence-corrected chi connectivity index (χ1v) is 15.6. The molecule has 14 nitrogen and oxygen atoms in total. The zero-order valence-electron chi connectivity index (χ0n) is 25.7. The van der Waals surface area contributed by atoms with Crippen molar-refractivity contribution in [3.8, 4) is 0 Å². The Kier molecular flexibility index (Phi) is 14.7. The Morgan fingerprint density at radius 2 is 1.73 bits per heavy atom. The average Bonchev–Trinajstić information content (AvgIpc) is 3.03. The maximum Gasteiger partial charge on any atom is 0.273 e. The van der Waals surface area contributed by atoms with Crippen LogP contribution < -0.4 is 27.4 Å². The van der Waals surface area contributed by atoms with Gasteiger partial charge in [-0.15, -0.1) is 0 Å². The Bertz CT molecular complexity index is 1250. The minimum atomic E-state index is -1.47. The van der Waals surface area contributed by atoms with Crippen molar-refractivity contribution in [2.75, 3.05) is 63.9 Å². The van der Waals surface area contributed by atoms with Crippen LogP contribution in [0.4, 0.5) is 11.6 Å². The molecule has 15 heteroatoms. The fraction of sp³-hybridized carbons (Fsp3) is 0.600. The molecule has 2 heterocycles. The molecule has 2 amide bonds. The van der Waals surface area contributed by atoms with Gasteiger partial charge in [-0.3, -0.25) is 9.59 Å². The van der Waals surface area contributed by atoms with Gasteiger partial charge in [-0.2, -0.15) is 0 Å². The first-order chi connectivity index (χ1) is 21.5. The van der Waals surface area contributed by atoms with Crippen molar-refractivity contribution >= 4 is 35.1 Å². The third-order valence-corrected chi connectivity index (χ3v) is 8.40. The molecule has 0 spiro atoms. The van der Waals surface area contributed by atoms with Crippen LogP contribution in [0, 0.1) is 18.8 Å². The van der Waals surface area contributed by atoms with E-state index in [1.54, 1.807) is 0 Å². The van der Waals surface area contributed by atoms with Crippen molar-refractivity contribution in [1.82, 2.24) is 30.8 Å². The number of aromatic nitrogens is 2. The monoisotopic (exact) mass is 650 g/mol. The number of likely N-dealkylation sites (tertiary alicyclic amines) is 1. The number of aliphatic hydroxyl groups excluding tert-OH is 4. The van der Waals surface area contributed by atoms with Crippen LogP contribution in [0.3, 0.4) is 0 Å². The number of carbonyl (C=O) groups excluding carboxylic acids is 2. The molecule has 1 aliphatic rings. The molecule has 1 aromatic carbocycles. The maximum absolute atomic E-state index is 12.8. The Labute approximate surface area is 268 Å². The largest absolute Gasteiger partial charge is 0.394 e. The van der Waals surface area contributed by atoms with E-state index in [-0.39, 0.29) is 47.3 Å². The van der Waals surface area contributed by atoms with Gasteiger partial charge in [0, 0.05) is 39.1 Å². The average molecular weight is 651 g/mol. The summed E-state index contributed by atoms with van der Waals surface area (Å²) in [5, 5.41) is 47.2. The second-order valence-corrected chi connectivity index (χ2v) is 11.9. The summed E-state index contributed by atoms with van der Waals surface area (Å²) in [7, 11) is 0. The van der Waals surface area contributed by atoms with Crippen LogP contribution in [-0.2, 0) is 11.2 Å². The number of anilines is 2. The smallest absolute Gasteiger partial charge is 0.273 e. The number of carbonyl (C=O) groups is 2. The van der Waals surface area contributed by atoms with Crippen molar-refractivity contribution in [2.45, 2.75) is 50.9 Å². The first kappa shape index (κ1) is 36.4. The lowest BCUT2D eigenvalue weighted by molar-refractivity contribution is -0.132. The fourth-order valence-electron chi connectivity index (χ4n) is 5.26. The number of amides is 2. The fourth-order valence-corrected chi connectivity index (χ4v) is 5.39. The summed E-state index contributed by atoms with van der Waals surface area (Å²) in [4.78, 5) is 35.2. The van der Waals surface area contributed by atoms with Gasteiger partial charge in [0.15, 0.2) is 22.5 Å². The highest BCUT2D eigenvalue weighted by atomic mass is 35.5. The number of nitrogen functional groups attached to an aromatic ring is 2. The molecule has 45 heavy (non-hydrogen) atoms. The van der Waals surface area contributed by atoms with Gasteiger partial charge in [0.1, 0.15) is 12.2 Å². The van der Waals surface area contributed by atoms with Gasteiger partial charge in [0.25, 0.3) is 5.91 Å². The van der Waals surface area contributed by atoms with Gasteiger partial charge in [0.05, 0.1) is 12.7 Å². The molecule has 0 saturated carbocycles. The molecule has 0 aliphatic carbocycles. The lowest BCUT2D eigenvalue weighted by atomic mass is 9.94. The number of aliphatic hydroxyl groups is 4. The van der Waals surface area contributed by atoms with Crippen LogP contribution in [0.15, 0.2) is 24.3 Å². The van der Waals surface area contributed by atoms with E-state index < -0.39 is 30.8 Å². The van der Waals surface area contributed by atoms with Crippen molar-refractivity contribution in [3.05, 3.63) is 46.2 Å². The summed E-state index contributed by atoms with van der Waals surface area (Å²) in [6, 6.07) is 8.15. The van der Waals surface area contributed by atoms with E-state index in [1.807, 2.05) is 17.0 Å². The molecule has 1 saturated heterocycles. The third kappa shape index (κ3) is 11.3. The van der Waals surface area contributed by atoms with E-state index in [4.69, 9.17) is 28.2 Å². The Hall–Kier alpha value is -3.11. The van der Waals surface area contributed by atoms with Crippen molar-refractivity contribution in [2.24, 2.45) is 11.8 Å². The lowest BCUT2D eigenvalue weighted by Crippen LogP contribution is -2.45. The van der Waals surface area contributed by atoms with Crippen LogP contribution >= 0.6 is 11.6 Å². The standard InChI is InChI=1S/C30H47ClN8O6/c1-18-4-2-3-5-21(18)12-20(15-36-30(45)25-28(32)38-29(33)27(31)37-25)14-35-13-19-7-10-39(11-8-19)24(43)6-9-34-16-22(41)26(44)23(42)17-40/h2-5,19-20,22-23,26,34-35,40-42,44H,6-17H2,1H3,(H,36,45)(H4,32,33,38)/t20-,22?,23?,26?/m1/s1. The van der Waals surface area contributed by atoms with Crippen LogP contribution in [0.2, 0.25) is 5.15 Å². The number of piperidine rings is 1. The highest BCUT2D eigenvalue weighted by Gasteiger charge is 2.25. The molecule has 1 aliphatic heterocycles. The highest BCUT2D eigenvalue weighted by molar-refractivity contribution is 6.31. The summed E-state index contributed by atoms with van der Waals surface area (Å²) in [6.07, 6.45) is -1.41. The van der Waals surface area contributed by atoms with E-state index in [0.717, 1.165) is 25.8 Å². The maximum atomic E-state index is 12.8. The van der Waals surface area contributed by atoms with Crippen molar-refractivity contribution in [3.63, 3.8) is 0 Å². The van der Waals surface area contributed by atoms with Gasteiger partial charge in [-0.25, -0.2) is 9.97 Å². The molecule has 2 aromatic rings. The molecular formula is C30H47ClN8O6. The first-order valence-electron chi connectivity index (χ1n) is 15.3. The van der Waals surface area contributed by atoms with Gasteiger partial charge in [-0.1, -0.05) is 35.9 Å². The molecule has 11 N–H and O–H groups in total. The molecule has 4 atom stereocenters. The number of nitrogens with one attached hydrogen (secondary N) is 3. The second kappa shape index (κ2) is 18.1. The molecule has 3 unspecified atom stereocenters. The van der Waals surface area contributed by atoms with E-state index in [1.165, 1.54) is 11.1 Å². The number of hydrogen-bond donors (Lipinski definition) is 9. The van der Waals surface area contributed by atoms with E-state index >= 15 is 0 Å². The number of hydrogen-bond acceptors (Lipinski definition) is 12. The summed E-state index contributed by atoms with van der Waals surface area (Å²) in [5.74, 6) is -0.0982. The quantitative estimate of drug-likeness (QED) is 0.0946. The number of halogens is 1. The highest BCUT2D eigenvalue weighted by Crippen LogP contribution is 2.19. The molecular weight excluding hydrogens is 604 g/mol. The van der Waals surface area contributed by atoms with Crippen LogP contribution in [-0.4, -0.2) is 118 Å². The Balaban J connectivity index is 1.43. The third-order valence-electron chi connectivity index (χ3n) is 8.12. The minimum Gasteiger partial charge on any atom is -0.394 e. The zero-order chi connectivity index (χ0) is 32.9. The Morgan fingerprint density at radius 3 is 2.42 bits per heavy atom. The summed E-state index contributed by atoms with van der Waals surface area (Å²) in [6.45, 7) is 4.87. The number of benzene rings is 1. The van der Waals surface area contributed by atoms with Crippen molar-refractivity contribution in [1.29, 1.82) is 0 Å². The summed E-state index contributed by atoms with van der Waals surface area (Å²) < 4.78 is 0. The number of aryl methyl sites for hydroxylation is 1. The van der Waals surface area contributed by atoms with E-state index in [0.29, 0.717) is 38.6 Å². The van der Waals surface area contributed by atoms with Gasteiger partial charge in [-0.05, 0) is 62.2 Å². The normalized spacial score (nSPS) is 16.6. The van der Waals surface area contributed by atoms with Crippen molar-refractivity contribution < 1.29 is 30.0 Å². The molecule has 0 bridgehead atoms. The lowest BCUT2D eigenvalue weighted by Gasteiger charge is -2.32. The molecule has 1 fully saturated rings. The molecule has 3 rings (SSSR count). The predicted molar refractivity (Wildman–Crippen MR) is 171 cm³/mol. The number of rotatable bonds is 17. The molecule has 1 aromatic heterocycles. The zero-order valence-corrected chi connectivity index (χ0v) is 26.4. The SMILES string of the molecule is Cc1ccccc1C[C@H](CNCC1CCN(C(=O)CCNCC(O)C(O)C(O)CO)CC1)CNC(=O)c1nc(Cl)c(N)nc1N. The van der Waals surface area contributed by atoms with Crippen LogP contribution in [0.1, 0.15) is 40.9 Å². The van der Waals surface area contributed by atoms with Gasteiger partial charge in [0.2, 0.25) is 5.91 Å². The summed E-state index contributed by atoms with van der Waals surface area (Å²) in [5.41, 5.74) is 13.8. The van der Waals surface area contributed by atoms with E-state index in [9.17, 15) is 24.9 Å². The van der Waals surface area contributed by atoms with Crippen LogP contribution in [0.25, 0.3) is 0 Å². The topological polar surface area (TPSA) is 232 Å². The number of nitrogens with zero attached hydrogens (tertiary/aromatic N) is 3. The minimum absolute atomic E-state index is 0.00828. The molecule has 0 radical (unpaired) electrons. The van der Waals surface area contributed by atoms with Gasteiger partial charge >= 0.3 is 0 Å². The summed E-state index contributed by atoms with van der Waals surface area (Å²) >= 11 is 5.95. The predicted octanol–water partition coefficient (Wildman–Crippen LogP) is -0.926. The van der Waals surface area contributed by atoms with Crippen LogP contribution in [0.5, 0.6) is 0 Å². The molecule has 250 valence electrons. The second-order valence-electron chi connectivity index (χ2n) is 11.6. The number of nitrogens with two attached hydrogens (primary N) is 2. The Morgan fingerprint density at radius 1 is 1.02 bits per heavy atom. The van der Waals surface area contributed by atoms with E-state index in [2.05, 4.69) is 45.0 Å². The van der Waals surface area contributed by atoms with Gasteiger partial charge < -0.3 is 52.7 Å².